The van der Waals surface area contributed by atoms with Crippen molar-refractivity contribution in [2.45, 2.75) is 33.4 Å². The van der Waals surface area contributed by atoms with Gasteiger partial charge in [0, 0.05) is 31.4 Å². The highest BCUT2D eigenvalue weighted by Crippen LogP contribution is 2.02. The summed E-state index contributed by atoms with van der Waals surface area (Å²) in [6, 6.07) is 2.00. The maximum absolute atomic E-state index is 11.7. The second-order valence-electron chi connectivity index (χ2n) is 4.42. The van der Waals surface area contributed by atoms with Crippen molar-refractivity contribution in [3.63, 3.8) is 0 Å². The highest BCUT2D eigenvalue weighted by atomic mass is 16.1. The standard InChI is InChI=1S/C12H18N6O/c1-10-9-11(2)18(15-10)6-3-12(19)13-4-7-17-8-5-14-16-17/h5,8-9H,3-4,6-7H2,1-2H3,(H,13,19). The van der Waals surface area contributed by atoms with Crippen LogP contribution in [0, 0.1) is 13.8 Å². The van der Waals surface area contributed by atoms with Gasteiger partial charge in [-0.2, -0.15) is 5.10 Å². The summed E-state index contributed by atoms with van der Waals surface area (Å²) in [6.07, 6.45) is 3.81. The third kappa shape index (κ3) is 3.90. The third-order valence-corrected chi connectivity index (χ3v) is 2.79. The normalized spacial score (nSPS) is 10.6. The van der Waals surface area contributed by atoms with Gasteiger partial charge in [0.15, 0.2) is 0 Å². The topological polar surface area (TPSA) is 77.6 Å². The van der Waals surface area contributed by atoms with Crippen LogP contribution in [0.15, 0.2) is 18.5 Å². The van der Waals surface area contributed by atoms with Crippen LogP contribution < -0.4 is 5.32 Å². The molecular formula is C12H18N6O. The van der Waals surface area contributed by atoms with Gasteiger partial charge >= 0.3 is 0 Å². The number of aryl methyl sites for hydroxylation is 3. The van der Waals surface area contributed by atoms with Crippen LogP contribution in [0.4, 0.5) is 0 Å². The molecule has 1 N–H and O–H groups in total. The molecule has 0 aliphatic heterocycles. The maximum Gasteiger partial charge on any atom is 0.221 e. The van der Waals surface area contributed by atoms with Crippen molar-refractivity contribution in [2.75, 3.05) is 6.54 Å². The van der Waals surface area contributed by atoms with Crippen LogP contribution in [0.3, 0.4) is 0 Å². The minimum atomic E-state index is 0.0210. The van der Waals surface area contributed by atoms with E-state index in [9.17, 15) is 4.79 Å². The van der Waals surface area contributed by atoms with E-state index in [4.69, 9.17) is 0 Å². The van der Waals surface area contributed by atoms with Gasteiger partial charge < -0.3 is 5.32 Å². The molecule has 0 unspecified atom stereocenters. The molecule has 2 rings (SSSR count). The Morgan fingerprint density at radius 3 is 2.84 bits per heavy atom. The SMILES string of the molecule is Cc1cc(C)n(CCC(=O)NCCn2ccnn2)n1. The van der Waals surface area contributed by atoms with Crippen LogP contribution in [-0.2, 0) is 17.9 Å². The summed E-state index contributed by atoms with van der Waals surface area (Å²) in [4.78, 5) is 11.7. The minimum Gasteiger partial charge on any atom is -0.354 e. The molecule has 0 fully saturated rings. The number of rotatable bonds is 6. The molecule has 0 radical (unpaired) electrons. The molecule has 0 aromatic carbocycles. The monoisotopic (exact) mass is 262 g/mol. The largest absolute Gasteiger partial charge is 0.354 e. The highest BCUT2D eigenvalue weighted by Gasteiger charge is 2.05. The summed E-state index contributed by atoms with van der Waals surface area (Å²) in [5, 5.41) is 14.7. The van der Waals surface area contributed by atoms with Crippen LogP contribution in [0.5, 0.6) is 0 Å². The van der Waals surface area contributed by atoms with E-state index >= 15 is 0 Å². The Morgan fingerprint density at radius 1 is 1.37 bits per heavy atom. The van der Waals surface area contributed by atoms with Crippen LogP contribution in [0.1, 0.15) is 17.8 Å². The van der Waals surface area contributed by atoms with Gasteiger partial charge in [0.05, 0.1) is 18.4 Å². The molecule has 19 heavy (non-hydrogen) atoms. The first kappa shape index (κ1) is 13.3. The van der Waals surface area contributed by atoms with Crippen molar-refractivity contribution in [3.05, 3.63) is 29.8 Å². The predicted octanol–water partition coefficient (Wildman–Crippen LogP) is 0.298. The van der Waals surface area contributed by atoms with Crippen molar-refractivity contribution in [1.29, 1.82) is 0 Å². The number of aromatic nitrogens is 5. The number of carbonyl (C=O) groups excluding carboxylic acids is 1. The molecule has 0 aliphatic rings. The van der Waals surface area contributed by atoms with Crippen molar-refractivity contribution in [2.24, 2.45) is 0 Å². The van der Waals surface area contributed by atoms with E-state index in [1.165, 1.54) is 0 Å². The summed E-state index contributed by atoms with van der Waals surface area (Å²) in [6.45, 7) is 5.73. The molecule has 0 saturated carbocycles. The summed E-state index contributed by atoms with van der Waals surface area (Å²) in [7, 11) is 0. The second-order valence-corrected chi connectivity index (χ2v) is 4.42. The van der Waals surface area contributed by atoms with E-state index in [1.54, 1.807) is 17.1 Å². The van der Waals surface area contributed by atoms with Gasteiger partial charge in [0.25, 0.3) is 0 Å². The van der Waals surface area contributed by atoms with Gasteiger partial charge in [0.1, 0.15) is 0 Å². The van der Waals surface area contributed by atoms with Crippen LogP contribution in [0.25, 0.3) is 0 Å². The zero-order valence-corrected chi connectivity index (χ0v) is 11.2. The van der Waals surface area contributed by atoms with Gasteiger partial charge in [-0.3, -0.25) is 14.2 Å². The third-order valence-electron chi connectivity index (χ3n) is 2.79. The quantitative estimate of drug-likeness (QED) is 0.812. The molecule has 102 valence electrons. The zero-order chi connectivity index (χ0) is 13.7. The summed E-state index contributed by atoms with van der Waals surface area (Å²) >= 11 is 0. The van der Waals surface area contributed by atoms with Crippen LogP contribution >= 0.6 is 0 Å². The fraction of sp³-hybridized carbons (Fsp3) is 0.500. The first-order chi connectivity index (χ1) is 9.15. The predicted molar refractivity (Wildman–Crippen MR) is 69.3 cm³/mol. The second kappa shape index (κ2) is 6.12. The molecule has 7 heteroatoms. The van der Waals surface area contributed by atoms with Gasteiger partial charge in [-0.05, 0) is 19.9 Å². The highest BCUT2D eigenvalue weighted by molar-refractivity contribution is 5.75. The lowest BCUT2D eigenvalue weighted by atomic mass is 10.3. The number of hydrogen-bond donors (Lipinski definition) is 1. The first-order valence-corrected chi connectivity index (χ1v) is 6.27. The molecule has 2 heterocycles. The van der Waals surface area contributed by atoms with E-state index < -0.39 is 0 Å². The van der Waals surface area contributed by atoms with Crippen molar-refractivity contribution < 1.29 is 4.79 Å². The lowest BCUT2D eigenvalue weighted by Gasteiger charge is -2.06. The Labute approximate surface area is 111 Å². The average molecular weight is 262 g/mol. The van der Waals surface area contributed by atoms with Crippen molar-refractivity contribution in [3.8, 4) is 0 Å². The first-order valence-electron chi connectivity index (χ1n) is 6.27. The molecule has 0 aliphatic carbocycles. The lowest BCUT2D eigenvalue weighted by molar-refractivity contribution is -0.121. The molecule has 7 nitrogen and oxygen atoms in total. The van der Waals surface area contributed by atoms with Crippen LogP contribution in [-0.4, -0.2) is 37.2 Å². The van der Waals surface area contributed by atoms with Crippen molar-refractivity contribution >= 4 is 5.91 Å². The fourth-order valence-corrected chi connectivity index (χ4v) is 1.86. The Bertz CT molecular complexity index is 530. The van der Waals surface area contributed by atoms with Crippen LogP contribution in [0.2, 0.25) is 0 Å². The Balaban J connectivity index is 1.68. The van der Waals surface area contributed by atoms with Crippen molar-refractivity contribution in [1.82, 2.24) is 30.1 Å². The number of amides is 1. The van der Waals surface area contributed by atoms with Gasteiger partial charge in [0.2, 0.25) is 5.91 Å². The molecule has 0 spiro atoms. The van der Waals surface area contributed by atoms with Gasteiger partial charge in [-0.25, -0.2) is 0 Å². The number of nitrogens with zero attached hydrogens (tertiary/aromatic N) is 5. The van der Waals surface area contributed by atoms with E-state index in [-0.39, 0.29) is 5.91 Å². The molecule has 0 saturated heterocycles. The number of hydrogen-bond acceptors (Lipinski definition) is 4. The average Bonchev–Trinajstić information content (AvgIpc) is 2.97. The minimum absolute atomic E-state index is 0.0210. The Morgan fingerprint density at radius 2 is 2.21 bits per heavy atom. The van der Waals surface area contributed by atoms with E-state index in [1.807, 2.05) is 24.6 Å². The summed E-state index contributed by atoms with van der Waals surface area (Å²) < 4.78 is 3.54. The number of carbonyl (C=O) groups is 1. The molecule has 2 aromatic rings. The summed E-state index contributed by atoms with van der Waals surface area (Å²) in [5.41, 5.74) is 2.05. The van der Waals surface area contributed by atoms with E-state index in [0.717, 1.165) is 11.4 Å². The molecule has 1 amide bonds. The van der Waals surface area contributed by atoms with E-state index in [2.05, 4.69) is 20.7 Å². The smallest absolute Gasteiger partial charge is 0.221 e. The Hall–Kier alpha value is -2.18. The Kier molecular flexibility index (Phi) is 4.27. The molecule has 2 aromatic heterocycles. The molecule has 0 atom stereocenters. The number of nitrogens with one attached hydrogen (secondary N) is 1. The lowest BCUT2D eigenvalue weighted by Crippen LogP contribution is -2.28. The van der Waals surface area contributed by atoms with E-state index in [0.29, 0.717) is 26.1 Å². The zero-order valence-electron chi connectivity index (χ0n) is 11.2. The molecule has 0 bridgehead atoms. The fourth-order valence-electron chi connectivity index (χ4n) is 1.86. The maximum atomic E-state index is 11.7. The molecular weight excluding hydrogens is 244 g/mol. The van der Waals surface area contributed by atoms with Gasteiger partial charge in [-0.1, -0.05) is 5.21 Å². The summed E-state index contributed by atoms with van der Waals surface area (Å²) in [5.74, 6) is 0.0210. The van der Waals surface area contributed by atoms with Gasteiger partial charge in [-0.15, -0.1) is 5.10 Å².